The van der Waals surface area contributed by atoms with Gasteiger partial charge in [-0.2, -0.15) is 0 Å². The molecule has 0 fully saturated rings. The Kier molecular flexibility index (Phi) is 4.01. The predicted octanol–water partition coefficient (Wildman–Crippen LogP) is 1.23. The Balaban J connectivity index is 2.12. The van der Waals surface area contributed by atoms with Crippen molar-refractivity contribution in [3.05, 3.63) is 34.4 Å². The fraction of sp³-hybridized carbons (Fsp3) is 0.182. The van der Waals surface area contributed by atoms with Crippen molar-refractivity contribution in [1.82, 2.24) is 10.2 Å². The minimum atomic E-state index is -0.506. The Morgan fingerprint density at radius 3 is 2.70 bits per heavy atom. The molecule has 1 aromatic carbocycles. The van der Waals surface area contributed by atoms with E-state index in [9.17, 15) is 14.9 Å². The van der Waals surface area contributed by atoms with E-state index >= 15 is 0 Å². The Morgan fingerprint density at radius 2 is 2.10 bits per heavy atom. The van der Waals surface area contributed by atoms with Gasteiger partial charge >= 0.3 is 6.01 Å². The van der Waals surface area contributed by atoms with Gasteiger partial charge < -0.3 is 9.15 Å². The minimum Gasteiger partial charge on any atom is -0.403 e. The molecule has 2 aromatic rings. The number of amides is 1. The number of non-ortho nitro benzene ring substituents is 1. The van der Waals surface area contributed by atoms with Crippen LogP contribution in [0, 0.1) is 10.1 Å². The standard InChI is InChI=1S/C11H10N4O5/c1-19-6-9(16)12-11-14-13-10(20-11)7-2-4-8(5-3-7)15(17)18/h2-5H,6H2,1H3,(H,12,14,16). The average Bonchev–Trinajstić information content (AvgIpc) is 2.87. The van der Waals surface area contributed by atoms with Crippen LogP contribution >= 0.6 is 0 Å². The molecule has 0 aliphatic rings. The maximum atomic E-state index is 11.2. The number of nitro groups is 1. The highest BCUT2D eigenvalue weighted by molar-refractivity contribution is 5.89. The summed E-state index contributed by atoms with van der Waals surface area (Å²) < 4.78 is 9.84. The molecular formula is C11H10N4O5. The van der Waals surface area contributed by atoms with Crippen LogP contribution in [0.2, 0.25) is 0 Å². The van der Waals surface area contributed by atoms with Crippen molar-refractivity contribution in [2.45, 2.75) is 0 Å². The maximum Gasteiger partial charge on any atom is 0.322 e. The molecule has 9 heteroatoms. The predicted molar refractivity (Wildman–Crippen MR) is 66.9 cm³/mol. The number of aromatic nitrogens is 2. The van der Waals surface area contributed by atoms with E-state index in [1.54, 1.807) is 0 Å². The normalized spacial score (nSPS) is 10.2. The minimum absolute atomic E-state index is 0.0399. The van der Waals surface area contributed by atoms with Crippen molar-refractivity contribution in [2.24, 2.45) is 0 Å². The second-order valence-corrected chi connectivity index (χ2v) is 3.70. The first-order valence-corrected chi connectivity index (χ1v) is 5.47. The summed E-state index contributed by atoms with van der Waals surface area (Å²) in [4.78, 5) is 21.3. The highest BCUT2D eigenvalue weighted by atomic mass is 16.6. The van der Waals surface area contributed by atoms with E-state index in [0.29, 0.717) is 5.56 Å². The van der Waals surface area contributed by atoms with Crippen LogP contribution in [0.5, 0.6) is 0 Å². The van der Waals surface area contributed by atoms with Gasteiger partial charge in [-0.05, 0) is 12.1 Å². The molecule has 0 bridgehead atoms. The van der Waals surface area contributed by atoms with Crippen molar-refractivity contribution in [3.8, 4) is 11.5 Å². The fourth-order valence-corrected chi connectivity index (χ4v) is 1.40. The molecule has 9 nitrogen and oxygen atoms in total. The van der Waals surface area contributed by atoms with Gasteiger partial charge in [0.1, 0.15) is 6.61 Å². The molecule has 2 rings (SSSR count). The van der Waals surface area contributed by atoms with Crippen LogP contribution in [0.3, 0.4) is 0 Å². The van der Waals surface area contributed by atoms with Gasteiger partial charge in [-0.25, -0.2) is 0 Å². The van der Waals surface area contributed by atoms with E-state index in [-0.39, 0.29) is 24.2 Å². The van der Waals surface area contributed by atoms with Crippen molar-refractivity contribution < 1.29 is 18.9 Å². The zero-order valence-corrected chi connectivity index (χ0v) is 10.4. The summed E-state index contributed by atoms with van der Waals surface area (Å²) in [6.07, 6.45) is 0. The summed E-state index contributed by atoms with van der Waals surface area (Å²) >= 11 is 0. The zero-order chi connectivity index (χ0) is 14.5. The van der Waals surface area contributed by atoms with Crippen molar-refractivity contribution in [2.75, 3.05) is 19.0 Å². The van der Waals surface area contributed by atoms with Crippen LogP contribution in [-0.2, 0) is 9.53 Å². The lowest BCUT2D eigenvalue weighted by molar-refractivity contribution is -0.384. The van der Waals surface area contributed by atoms with Gasteiger partial charge in [0.25, 0.3) is 11.6 Å². The van der Waals surface area contributed by atoms with Crippen LogP contribution in [0.4, 0.5) is 11.7 Å². The van der Waals surface area contributed by atoms with Crippen LogP contribution in [0.1, 0.15) is 0 Å². The lowest BCUT2D eigenvalue weighted by Crippen LogP contribution is -2.17. The van der Waals surface area contributed by atoms with Gasteiger partial charge in [-0.3, -0.25) is 20.2 Å². The van der Waals surface area contributed by atoms with Gasteiger partial charge in [0.2, 0.25) is 5.89 Å². The summed E-state index contributed by atoms with van der Waals surface area (Å²) in [7, 11) is 1.38. The molecule has 1 amide bonds. The number of carbonyl (C=O) groups excluding carboxylic acids is 1. The van der Waals surface area contributed by atoms with Gasteiger partial charge in [-0.1, -0.05) is 5.10 Å². The van der Waals surface area contributed by atoms with E-state index in [1.807, 2.05) is 0 Å². The Labute approximate surface area is 112 Å². The molecule has 0 aliphatic carbocycles. The largest absolute Gasteiger partial charge is 0.403 e. The van der Waals surface area contributed by atoms with Crippen molar-refractivity contribution >= 4 is 17.6 Å². The monoisotopic (exact) mass is 278 g/mol. The van der Waals surface area contributed by atoms with Crippen molar-refractivity contribution in [3.63, 3.8) is 0 Å². The van der Waals surface area contributed by atoms with E-state index in [1.165, 1.54) is 31.4 Å². The number of nitrogens with zero attached hydrogens (tertiary/aromatic N) is 3. The number of nitro benzene ring substituents is 1. The first-order valence-electron chi connectivity index (χ1n) is 5.47. The number of methoxy groups -OCH3 is 1. The second-order valence-electron chi connectivity index (χ2n) is 3.70. The third-order valence-corrected chi connectivity index (χ3v) is 2.27. The number of anilines is 1. The molecule has 104 valence electrons. The topological polar surface area (TPSA) is 120 Å². The molecule has 1 heterocycles. The smallest absolute Gasteiger partial charge is 0.322 e. The maximum absolute atomic E-state index is 11.2. The molecule has 0 unspecified atom stereocenters. The molecule has 20 heavy (non-hydrogen) atoms. The van der Waals surface area contributed by atoms with Crippen LogP contribution in [-0.4, -0.2) is 34.7 Å². The Bertz CT molecular complexity index is 622. The molecule has 0 spiro atoms. The summed E-state index contributed by atoms with van der Waals surface area (Å²) in [5.74, 6) is -0.279. The number of ether oxygens (including phenoxy) is 1. The number of rotatable bonds is 5. The van der Waals surface area contributed by atoms with E-state index < -0.39 is 10.8 Å². The molecule has 1 N–H and O–H groups in total. The summed E-state index contributed by atoms with van der Waals surface area (Å²) in [6.45, 7) is -0.130. The van der Waals surface area contributed by atoms with Crippen LogP contribution in [0.25, 0.3) is 11.5 Å². The van der Waals surface area contributed by atoms with Gasteiger partial charge in [0, 0.05) is 24.8 Å². The Morgan fingerprint density at radius 1 is 1.40 bits per heavy atom. The zero-order valence-electron chi connectivity index (χ0n) is 10.4. The average molecular weight is 278 g/mol. The first kappa shape index (κ1) is 13.6. The lowest BCUT2D eigenvalue weighted by Gasteiger charge is -1.97. The molecule has 0 saturated heterocycles. The third kappa shape index (κ3) is 3.14. The quantitative estimate of drug-likeness (QED) is 0.644. The molecule has 0 atom stereocenters. The van der Waals surface area contributed by atoms with Crippen molar-refractivity contribution in [1.29, 1.82) is 0 Å². The summed E-state index contributed by atoms with van der Waals surface area (Å²) in [5.41, 5.74) is 0.470. The number of hydrogen-bond acceptors (Lipinski definition) is 7. The fourth-order valence-electron chi connectivity index (χ4n) is 1.40. The third-order valence-electron chi connectivity index (χ3n) is 2.27. The molecule has 0 radical (unpaired) electrons. The highest BCUT2D eigenvalue weighted by Crippen LogP contribution is 2.22. The molecule has 0 aliphatic heterocycles. The summed E-state index contributed by atoms with van der Waals surface area (Å²) in [6, 6.07) is 5.53. The van der Waals surface area contributed by atoms with Crippen LogP contribution < -0.4 is 5.32 Å². The van der Waals surface area contributed by atoms with Gasteiger partial charge in [0.05, 0.1) is 4.92 Å². The first-order chi connectivity index (χ1) is 9.60. The van der Waals surface area contributed by atoms with Crippen LogP contribution in [0.15, 0.2) is 28.7 Å². The lowest BCUT2D eigenvalue weighted by atomic mass is 10.2. The summed E-state index contributed by atoms with van der Waals surface area (Å²) in [5, 5.41) is 20.2. The Hall–Kier alpha value is -2.81. The van der Waals surface area contributed by atoms with Gasteiger partial charge in [-0.15, -0.1) is 5.10 Å². The van der Waals surface area contributed by atoms with E-state index in [2.05, 4.69) is 20.3 Å². The molecule has 1 aromatic heterocycles. The number of benzene rings is 1. The van der Waals surface area contributed by atoms with E-state index in [0.717, 1.165) is 0 Å². The molecular weight excluding hydrogens is 268 g/mol. The second kappa shape index (κ2) is 5.89. The highest BCUT2D eigenvalue weighted by Gasteiger charge is 2.12. The molecule has 0 saturated carbocycles. The number of carbonyl (C=O) groups is 1. The van der Waals surface area contributed by atoms with Gasteiger partial charge in [0.15, 0.2) is 0 Å². The van der Waals surface area contributed by atoms with E-state index in [4.69, 9.17) is 4.42 Å². The SMILES string of the molecule is COCC(=O)Nc1nnc(-c2ccc([N+](=O)[O-])cc2)o1. The number of nitrogens with one attached hydrogen (secondary N) is 1. The number of hydrogen-bond donors (Lipinski definition) is 1.